The van der Waals surface area contributed by atoms with Gasteiger partial charge in [-0.15, -0.1) is 0 Å². The van der Waals surface area contributed by atoms with E-state index in [1.165, 1.54) is 12.1 Å². The van der Waals surface area contributed by atoms with Crippen molar-refractivity contribution in [1.29, 1.82) is 5.26 Å². The van der Waals surface area contributed by atoms with E-state index in [0.717, 1.165) is 24.0 Å². The Hall–Kier alpha value is -4.02. The molecule has 0 N–H and O–H groups in total. The third-order valence-corrected chi connectivity index (χ3v) is 6.64. The molecule has 0 radical (unpaired) electrons. The van der Waals surface area contributed by atoms with Crippen LogP contribution in [0.15, 0.2) is 83.7 Å². The third kappa shape index (κ3) is 4.86. The van der Waals surface area contributed by atoms with Crippen LogP contribution in [0.2, 0.25) is 0 Å². The molecule has 0 aromatic heterocycles. The summed E-state index contributed by atoms with van der Waals surface area (Å²) in [5, 5.41) is 10.1. The lowest BCUT2D eigenvalue weighted by Crippen LogP contribution is -2.36. The molecule has 0 saturated heterocycles. The number of hydrogen-bond donors (Lipinski definition) is 0. The monoisotopic (exact) mass is 483 g/mol. The number of amides is 1. The number of carbonyl (C=O) groups excluding carboxylic acids is 2. The number of ether oxygens (including phenoxy) is 1. The van der Waals surface area contributed by atoms with E-state index in [9.17, 15) is 19.2 Å². The lowest BCUT2D eigenvalue weighted by atomic mass is 9.81. The van der Waals surface area contributed by atoms with Crippen LogP contribution in [0.25, 0.3) is 5.57 Å². The van der Waals surface area contributed by atoms with Gasteiger partial charge in [0.25, 0.3) is 0 Å². The number of likely N-dealkylation sites (N-methyl/N-ethyl adjacent to an activating group) is 1. The molecule has 1 amide bonds. The molecule has 1 fully saturated rings. The minimum atomic E-state index is -0.929. The van der Waals surface area contributed by atoms with Crippen molar-refractivity contribution in [3.05, 3.63) is 101 Å². The van der Waals surface area contributed by atoms with Crippen LogP contribution in [0.5, 0.6) is 0 Å². The molecule has 1 unspecified atom stereocenters. The van der Waals surface area contributed by atoms with Crippen molar-refractivity contribution in [2.24, 2.45) is 0 Å². The van der Waals surface area contributed by atoms with Crippen molar-refractivity contribution in [2.75, 3.05) is 13.7 Å². The maximum absolute atomic E-state index is 14.2. The fourth-order valence-electron chi connectivity index (χ4n) is 4.63. The van der Waals surface area contributed by atoms with E-state index in [2.05, 4.69) is 6.07 Å². The zero-order valence-electron chi connectivity index (χ0n) is 20.0. The molecular formula is C29H26FN3O3. The fourth-order valence-corrected chi connectivity index (χ4v) is 4.63. The van der Waals surface area contributed by atoms with Crippen LogP contribution in [0.4, 0.5) is 4.39 Å². The highest BCUT2D eigenvalue weighted by Gasteiger charge is 2.38. The summed E-state index contributed by atoms with van der Waals surface area (Å²) in [6.45, 7) is 0.186. The highest BCUT2D eigenvalue weighted by atomic mass is 19.1. The van der Waals surface area contributed by atoms with Crippen LogP contribution in [0, 0.1) is 17.1 Å². The van der Waals surface area contributed by atoms with Gasteiger partial charge in [-0.2, -0.15) is 5.26 Å². The summed E-state index contributed by atoms with van der Waals surface area (Å²) in [4.78, 5) is 29.1. The smallest absolute Gasteiger partial charge is 0.248 e. The standard InChI is InChI=1S/C29H26FN3O3/c1-32(16-19-6-3-2-4-7-19)28(35)18-36-27-14-24-21(13-26(27)34)17-33(23-10-11-23)25(15-31)29(24)20-8-5-9-22(30)12-20/h2-9,12,14,17,23,27H,10-11,13,16,18H2,1H3. The SMILES string of the molecule is CN(Cc1ccccc1)C(=O)COC1C=C2C(=CN(C3CC3)C(C#N)=C2c2cccc(F)c2)CC1=O. The minimum absolute atomic E-state index is 0.116. The van der Waals surface area contributed by atoms with E-state index in [0.29, 0.717) is 29.0 Å². The fraction of sp³-hybridized carbons (Fsp3) is 0.276. The Labute approximate surface area is 209 Å². The lowest BCUT2D eigenvalue weighted by Gasteiger charge is -2.34. The quantitative estimate of drug-likeness (QED) is 0.585. The Balaban J connectivity index is 1.41. The van der Waals surface area contributed by atoms with Crippen molar-refractivity contribution in [3.63, 3.8) is 0 Å². The first-order valence-corrected chi connectivity index (χ1v) is 12.0. The number of allylic oxidation sites excluding steroid dienone is 4. The zero-order valence-corrected chi connectivity index (χ0v) is 20.0. The van der Waals surface area contributed by atoms with Crippen LogP contribution < -0.4 is 0 Å². The van der Waals surface area contributed by atoms with Gasteiger partial charge in [-0.1, -0.05) is 42.5 Å². The summed E-state index contributed by atoms with van der Waals surface area (Å²) in [5.41, 5.74) is 4.05. The molecule has 1 aliphatic heterocycles. The van der Waals surface area contributed by atoms with Crippen molar-refractivity contribution < 1.29 is 18.7 Å². The molecule has 182 valence electrons. The molecule has 7 heteroatoms. The Morgan fingerprint density at radius 1 is 1.19 bits per heavy atom. The molecule has 2 aromatic carbocycles. The largest absolute Gasteiger partial charge is 0.356 e. The average molecular weight is 484 g/mol. The summed E-state index contributed by atoms with van der Waals surface area (Å²) in [5.74, 6) is -0.800. The maximum Gasteiger partial charge on any atom is 0.248 e. The zero-order chi connectivity index (χ0) is 25.2. The van der Waals surface area contributed by atoms with Gasteiger partial charge in [-0.25, -0.2) is 4.39 Å². The van der Waals surface area contributed by atoms with Crippen molar-refractivity contribution in [3.8, 4) is 6.07 Å². The number of halogens is 1. The van der Waals surface area contributed by atoms with Crippen LogP contribution in [0.3, 0.4) is 0 Å². The van der Waals surface area contributed by atoms with Crippen LogP contribution in [-0.2, 0) is 20.9 Å². The van der Waals surface area contributed by atoms with Gasteiger partial charge in [0, 0.05) is 37.8 Å². The van der Waals surface area contributed by atoms with Gasteiger partial charge in [0.1, 0.15) is 30.3 Å². The van der Waals surface area contributed by atoms with Gasteiger partial charge >= 0.3 is 0 Å². The molecule has 1 saturated carbocycles. The second kappa shape index (κ2) is 9.92. The van der Waals surface area contributed by atoms with Gasteiger partial charge in [0.05, 0.1) is 0 Å². The predicted octanol–water partition coefficient (Wildman–Crippen LogP) is 4.37. The number of Topliss-reactive ketones (excluding diaryl/α,β-unsaturated/α-hetero) is 1. The number of rotatable bonds is 7. The second-order valence-electron chi connectivity index (χ2n) is 9.33. The van der Waals surface area contributed by atoms with Gasteiger partial charge in [0.15, 0.2) is 5.78 Å². The van der Waals surface area contributed by atoms with Crippen LogP contribution in [0.1, 0.15) is 30.4 Å². The van der Waals surface area contributed by atoms with Crippen molar-refractivity contribution in [1.82, 2.24) is 9.80 Å². The lowest BCUT2D eigenvalue weighted by molar-refractivity contribution is -0.140. The van der Waals surface area contributed by atoms with E-state index in [4.69, 9.17) is 4.74 Å². The van der Waals surface area contributed by atoms with Crippen LogP contribution in [-0.4, -0.2) is 47.3 Å². The average Bonchev–Trinajstić information content (AvgIpc) is 3.72. The summed E-state index contributed by atoms with van der Waals surface area (Å²) < 4.78 is 19.9. The summed E-state index contributed by atoms with van der Waals surface area (Å²) in [7, 11) is 1.69. The first-order chi connectivity index (χ1) is 17.4. The first-order valence-electron chi connectivity index (χ1n) is 12.0. The van der Waals surface area contributed by atoms with Crippen molar-refractivity contribution >= 4 is 17.3 Å². The summed E-state index contributed by atoms with van der Waals surface area (Å²) >= 11 is 0. The third-order valence-electron chi connectivity index (χ3n) is 6.64. The Kier molecular flexibility index (Phi) is 6.53. The van der Waals surface area contributed by atoms with Crippen molar-refractivity contribution in [2.45, 2.75) is 38.0 Å². The molecule has 5 rings (SSSR count). The van der Waals surface area contributed by atoms with E-state index >= 15 is 0 Å². The van der Waals surface area contributed by atoms with Gasteiger partial charge in [-0.05, 0) is 53.3 Å². The summed E-state index contributed by atoms with van der Waals surface area (Å²) in [6.07, 6.45) is 4.65. The van der Waals surface area contributed by atoms with Gasteiger partial charge < -0.3 is 14.5 Å². The number of fused-ring (bicyclic) bond motifs is 1. The van der Waals surface area contributed by atoms with Gasteiger partial charge in [-0.3, -0.25) is 9.59 Å². The number of ketones is 1. The highest BCUT2D eigenvalue weighted by molar-refractivity contribution is 5.98. The first kappa shape index (κ1) is 23.7. The predicted molar refractivity (Wildman–Crippen MR) is 132 cm³/mol. The number of nitriles is 1. The molecule has 3 aliphatic rings. The highest BCUT2D eigenvalue weighted by Crippen LogP contribution is 2.44. The molecule has 0 bridgehead atoms. The molecule has 1 atom stereocenters. The van der Waals surface area contributed by atoms with Gasteiger partial charge in [0.2, 0.25) is 5.91 Å². The van der Waals surface area contributed by atoms with E-state index in [1.54, 1.807) is 30.2 Å². The topological polar surface area (TPSA) is 73.6 Å². The molecule has 2 aromatic rings. The van der Waals surface area contributed by atoms with E-state index in [1.807, 2.05) is 41.4 Å². The number of nitrogens with zero attached hydrogens (tertiary/aromatic N) is 3. The Morgan fingerprint density at radius 2 is 1.97 bits per heavy atom. The molecule has 0 spiro atoms. The minimum Gasteiger partial charge on any atom is -0.356 e. The van der Waals surface area contributed by atoms with E-state index in [-0.39, 0.29) is 30.8 Å². The maximum atomic E-state index is 14.2. The molecule has 2 aliphatic carbocycles. The number of hydrogen-bond acceptors (Lipinski definition) is 5. The van der Waals surface area contributed by atoms with E-state index < -0.39 is 11.9 Å². The number of benzene rings is 2. The molecule has 1 heterocycles. The second-order valence-corrected chi connectivity index (χ2v) is 9.33. The Bertz CT molecular complexity index is 1340. The molecule has 36 heavy (non-hydrogen) atoms. The molecular weight excluding hydrogens is 457 g/mol. The number of carbonyl (C=O) groups is 2. The summed E-state index contributed by atoms with van der Waals surface area (Å²) in [6, 6.07) is 18.3. The normalized spacial score (nSPS) is 19.3. The van der Waals surface area contributed by atoms with Crippen LogP contribution >= 0.6 is 0 Å². The molecule has 6 nitrogen and oxygen atoms in total. The Morgan fingerprint density at radius 3 is 2.67 bits per heavy atom.